The number of allylic oxidation sites excluding steroid dienone is 1. The van der Waals surface area contributed by atoms with Crippen molar-refractivity contribution in [1.82, 2.24) is 0 Å². The monoisotopic (exact) mass is 378 g/mol. The minimum atomic E-state index is -2.04. The fraction of sp³-hybridized carbons (Fsp3) is 0.810. The van der Waals surface area contributed by atoms with E-state index >= 15 is 0 Å². The van der Waals surface area contributed by atoms with Gasteiger partial charge in [-0.2, -0.15) is 0 Å². The standard InChI is InChI=1S/C21H30O6/c1-18-7-5-13(23)9-12(18)3-4-14-15-6-8-20(25,16(24)10-22)19(15,2)11-21(26,27)17(14)18/h9,14-15,17,22,25-27H,3-8,10-11H2,1-2H3/t14-,15-,17-,18-,19-,20-/m0/s1. The molecular formula is C21H30O6. The Balaban J connectivity index is 1.79. The third kappa shape index (κ3) is 2.33. The van der Waals surface area contributed by atoms with Crippen LogP contribution in [0.1, 0.15) is 58.8 Å². The van der Waals surface area contributed by atoms with Crippen LogP contribution in [0.15, 0.2) is 11.6 Å². The Hall–Kier alpha value is -1.08. The molecular weight excluding hydrogens is 348 g/mol. The molecule has 3 saturated carbocycles. The van der Waals surface area contributed by atoms with E-state index in [0.29, 0.717) is 25.7 Å². The molecule has 0 spiro atoms. The predicted octanol–water partition coefficient (Wildman–Crippen LogP) is 1.10. The van der Waals surface area contributed by atoms with Gasteiger partial charge in [0.1, 0.15) is 12.2 Å². The molecule has 0 aromatic rings. The van der Waals surface area contributed by atoms with E-state index in [1.165, 1.54) is 0 Å². The minimum Gasteiger partial charge on any atom is -0.388 e. The van der Waals surface area contributed by atoms with Crippen molar-refractivity contribution < 1.29 is 30.0 Å². The van der Waals surface area contributed by atoms with Crippen LogP contribution in [0.25, 0.3) is 0 Å². The summed E-state index contributed by atoms with van der Waals surface area (Å²) in [5, 5.41) is 42.9. The van der Waals surface area contributed by atoms with Crippen LogP contribution in [0.2, 0.25) is 0 Å². The molecule has 4 rings (SSSR count). The first-order valence-corrected chi connectivity index (χ1v) is 10.0. The third-order valence-corrected chi connectivity index (χ3v) is 8.65. The predicted molar refractivity (Wildman–Crippen MR) is 96.3 cm³/mol. The Morgan fingerprint density at radius 3 is 2.52 bits per heavy atom. The zero-order valence-electron chi connectivity index (χ0n) is 16.1. The summed E-state index contributed by atoms with van der Waals surface area (Å²) in [7, 11) is 0. The fourth-order valence-electron chi connectivity index (χ4n) is 7.41. The molecule has 0 saturated heterocycles. The summed E-state index contributed by atoms with van der Waals surface area (Å²) < 4.78 is 0. The SMILES string of the molecule is C[C@]12CCC(=O)C=C1CC[C@@H]1[C@@H]2C(O)(O)C[C@@]2(C)[C@H]1CC[C@]2(O)C(=O)CO. The Morgan fingerprint density at radius 1 is 1.15 bits per heavy atom. The number of fused-ring (bicyclic) bond motifs is 5. The number of aliphatic hydroxyl groups excluding tert-OH is 1. The van der Waals surface area contributed by atoms with Gasteiger partial charge in [-0.15, -0.1) is 0 Å². The van der Waals surface area contributed by atoms with Gasteiger partial charge in [-0.25, -0.2) is 0 Å². The van der Waals surface area contributed by atoms with Gasteiger partial charge in [-0.1, -0.05) is 19.4 Å². The van der Waals surface area contributed by atoms with Gasteiger partial charge < -0.3 is 20.4 Å². The van der Waals surface area contributed by atoms with Crippen molar-refractivity contribution in [1.29, 1.82) is 0 Å². The smallest absolute Gasteiger partial charge is 0.190 e. The molecule has 0 unspecified atom stereocenters. The molecule has 150 valence electrons. The number of hydrogen-bond donors (Lipinski definition) is 4. The second-order valence-corrected chi connectivity index (χ2v) is 9.79. The van der Waals surface area contributed by atoms with Crippen molar-refractivity contribution in [2.24, 2.45) is 28.6 Å². The maximum absolute atomic E-state index is 12.4. The molecule has 6 nitrogen and oxygen atoms in total. The molecule has 0 aliphatic heterocycles. The lowest BCUT2D eigenvalue weighted by Gasteiger charge is -2.62. The van der Waals surface area contributed by atoms with Crippen LogP contribution >= 0.6 is 0 Å². The first-order valence-electron chi connectivity index (χ1n) is 10.0. The molecule has 4 N–H and O–H groups in total. The van der Waals surface area contributed by atoms with E-state index in [9.17, 15) is 30.0 Å². The normalized spacial score (nSPS) is 48.3. The highest BCUT2D eigenvalue weighted by atomic mass is 16.5. The first kappa shape index (κ1) is 19.2. The molecule has 0 heterocycles. The molecule has 0 bridgehead atoms. The average Bonchev–Trinajstić information content (AvgIpc) is 2.85. The van der Waals surface area contributed by atoms with Crippen LogP contribution in [0.3, 0.4) is 0 Å². The van der Waals surface area contributed by atoms with Gasteiger partial charge in [0.25, 0.3) is 0 Å². The summed E-state index contributed by atoms with van der Waals surface area (Å²) in [5.74, 6) is -3.07. The van der Waals surface area contributed by atoms with Crippen molar-refractivity contribution in [3.63, 3.8) is 0 Å². The molecule has 0 aromatic heterocycles. The summed E-state index contributed by atoms with van der Waals surface area (Å²) in [6, 6.07) is 0. The van der Waals surface area contributed by atoms with Crippen LogP contribution in [0.4, 0.5) is 0 Å². The van der Waals surface area contributed by atoms with Gasteiger partial charge in [-0.3, -0.25) is 9.59 Å². The van der Waals surface area contributed by atoms with Crippen LogP contribution < -0.4 is 0 Å². The summed E-state index contributed by atoms with van der Waals surface area (Å²) in [6.45, 7) is 3.06. The van der Waals surface area contributed by atoms with Gasteiger partial charge in [0.05, 0.1) is 0 Å². The van der Waals surface area contributed by atoms with E-state index in [1.807, 2.05) is 6.92 Å². The minimum absolute atomic E-state index is 0.0218. The second kappa shape index (κ2) is 5.72. The number of hydrogen-bond acceptors (Lipinski definition) is 6. The molecule has 0 aromatic carbocycles. The van der Waals surface area contributed by atoms with E-state index < -0.39 is 40.5 Å². The molecule has 6 heteroatoms. The van der Waals surface area contributed by atoms with E-state index in [-0.39, 0.29) is 30.5 Å². The Labute approximate surface area is 159 Å². The molecule has 6 atom stereocenters. The van der Waals surface area contributed by atoms with Gasteiger partial charge in [0.2, 0.25) is 0 Å². The van der Waals surface area contributed by atoms with Gasteiger partial charge in [0, 0.05) is 24.2 Å². The maximum Gasteiger partial charge on any atom is 0.190 e. The Morgan fingerprint density at radius 2 is 1.85 bits per heavy atom. The lowest BCUT2D eigenvalue weighted by Crippen LogP contribution is -2.66. The van der Waals surface area contributed by atoms with E-state index in [2.05, 4.69) is 0 Å². The quantitative estimate of drug-likeness (QED) is 0.535. The lowest BCUT2D eigenvalue weighted by atomic mass is 9.44. The summed E-state index contributed by atoms with van der Waals surface area (Å²) >= 11 is 0. The lowest BCUT2D eigenvalue weighted by molar-refractivity contribution is -0.304. The van der Waals surface area contributed by atoms with E-state index in [4.69, 9.17) is 0 Å². The summed E-state index contributed by atoms with van der Waals surface area (Å²) in [4.78, 5) is 24.3. The summed E-state index contributed by atoms with van der Waals surface area (Å²) in [6.07, 6.45) is 4.92. The van der Waals surface area contributed by atoms with Gasteiger partial charge in [0.15, 0.2) is 17.4 Å². The van der Waals surface area contributed by atoms with Crippen molar-refractivity contribution >= 4 is 11.6 Å². The summed E-state index contributed by atoms with van der Waals surface area (Å²) in [5.41, 5.74) is -2.16. The van der Waals surface area contributed by atoms with Crippen LogP contribution in [-0.4, -0.2) is 50.0 Å². The van der Waals surface area contributed by atoms with Crippen molar-refractivity contribution in [2.75, 3.05) is 6.61 Å². The van der Waals surface area contributed by atoms with Crippen molar-refractivity contribution in [3.8, 4) is 0 Å². The van der Waals surface area contributed by atoms with Crippen molar-refractivity contribution in [3.05, 3.63) is 11.6 Å². The highest BCUT2D eigenvalue weighted by Crippen LogP contribution is 2.69. The van der Waals surface area contributed by atoms with Crippen LogP contribution in [0.5, 0.6) is 0 Å². The zero-order chi connectivity index (χ0) is 19.8. The van der Waals surface area contributed by atoms with Gasteiger partial charge >= 0.3 is 0 Å². The number of carbonyl (C=O) groups is 2. The molecule has 4 aliphatic carbocycles. The number of carbonyl (C=O) groups excluding carboxylic acids is 2. The molecule has 4 aliphatic rings. The molecule has 0 amide bonds. The Bertz CT molecular complexity index is 726. The highest BCUT2D eigenvalue weighted by Gasteiger charge is 2.71. The number of Topliss-reactive ketones (excluding diaryl/α,β-unsaturated/α-hetero) is 1. The number of ketones is 2. The van der Waals surface area contributed by atoms with Crippen LogP contribution in [-0.2, 0) is 9.59 Å². The fourth-order valence-corrected chi connectivity index (χ4v) is 7.41. The molecule has 0 radical (unpaired) electrons. The average molecular weight is 378 g/mol. The maximum atomic E-state index is 12.4. The first-order chi connectivity index (χ1) is 12.5. The van der Waals surface area contributed by atoms with Crippen molar-refractivity contribution in [2.45, 2.75) is 70.2 Å². The zero-order valence-corrected chi connectivity index (χ0v) is 16.1. The van der Waals surface area contributed by atoms with Gasteiger partial charge in [-0.05, 0) is 55.4 Å². The molecule has 3 fully saturated rings. The number of aliphatic hydroxyl groups is 4. The molecule has 27 heavy (non-hydrogen) atoms. The second-order valence-electron chi connectivity index (χ2n) is 9.79. The highest BCUT2D eigenvalue weighted by molar-refractivity contribution is 5.91. The Kier molecular flexibility index (Phi) is 4.08. The largest absolute Gasteiger partial charge is 0.388 e. The van der Waals surface area contributed by atoms with Crippen LogP contribution in [0, 0.1) is 28.6 Å². The van der Waals surface area contributed by atoms with E-state index in [1.54, 1.807) is 13.0 Å². The van der Waals surface area contributed by atoms with E-state index in [0.717, 1.165) is 12.0 Å². The number of rotatable bonds is 2. The topological polar surface area (TPSA) is 115 Å². The third-order valence-electron chi connectivity index (χ3n) is 8.65.